The highest BCUT2D eigenvalue weighted by molar-refractivity contribution is 6.30. The average molecular weight is 309 g/mol. The summed E-state index contributed by atoms with van der Waals surface area (Å²) in [5.41, 5.74) is 2.81. The molecule has 0 aliphatic rings. The van der Waals surface area contributed by atoms with E-state index in [0.29, 0.717) is 17.2 Å². The highest BCUT2D eigenvalue weighted by atomic mass is 35.5. The van der Waals surface area contributed by atoms with Gasteiger partial charge in [0.1, 0.15) is 5.75 Å². The van der Waals surface area contributed by atoms with Crippen LogP contribution in [0.3, 0.4) is 0 Å². The molecule has 21 heavy (non-hydrogen) atoms. The minimum absolute atomic E-state index is 0.499. The average Bonchev–Trinajstić information content (AvgIpc) is 2.89. The summed E-state index contributed by atoms with van der Waals surface area (Å²) in [4.78, 5) is 0. The van der Waals surface area contributed by atoms with Gasteiger partial charge in [-0.2, -0.15) is 5.10 Å². The number of hydrogen-bond acceptors (Lipinski definition) is 3. The van der Waals surface area contributed by atoms with Gasteiger partial charge in [0.05, 0.1) is 18.9 Å². The molecule has 0 aliphatic heterocycles. The Hall–Kier alpha value is -1.52. The third-order valence-corrected chi connectivity index (χ3v) is 3.77. The molecule has 0 radical (unpaired) electrons. The number of aromatic nitrogens is 2. The zero-order valence-electron chi connectivity index (χ0n) is 12.6. The smallest absolute Gasteiger partial charge is 0.126 e. The van der Waals surface area contributed by atoms with Crippen LogP contribution in [0.1, 0.15) is 36.9 Å². The van der Waals surface area contributed by atoms with Gasteiger partial charge in [0.15, 0.2) is 0 Å². The molecule has 0 amide bonds. The molecule has 0 bridgehead atoms. The summed E-state index contributed by atoms with van der Waals surface area (Å²) in [6.07, 6.45) is 0.739. The molecule has 1 unspecified atom stereocenters. The monoisotopic (exact) mass is 308 g/mol. The van der Waals surface area contributed by atoms with Crippen molar-refractivity contribution in [3.8, 4) is 5.75 Å². The predicted molar refractivity (Wildman–Crippen MR) is 83.9 cm³/mol. The second kappa shape index (κ2) is 6.96. The third-order valence-electron chi connectivity index (χ3n) is 3.53. The quantitative estimate of drug-likeness (QED) is 0.889. The van der Waals surface area contributed by atoms with Crippen molar-refractivity contribution >= 4 is 11.6 Å². The van der Waals surface area contributed by atoms with Gasteiger partial charge in [-0.15, -0.1) is 0 Å². The lowest BCUT2D eigenvalue weighted by Crippen LogP contribution is -2.09. The molecule has 114 valence electrons. The van der Waals surface area contributed by atoms with Crippen LogP contribution in [0.2, 0.25) is 5.02 Å². The molecule has 5 heteroatoms. The Morgan fingerprint density at radius 3 is 2.71 bits per heavy atom. The Morgan fingerprint density at radius 1 is 1.33 bits per heavy atom. The van der Waals surface area contributed by atoms with Crippen molar-refractivity contribution in [1.82, 2.24) is 9.78 Å². The first-order valence-electron chi connectivity index (χ1n) is 7.16. The molecular formula is C16H21ClN2O2. The summed E-state index contributed by atoms with van der Waals surface area (Å²) in [5.74, 6) is 0.605. The van der Waals surface area contributed by atoms with Crippen LogP contribution in [-0.2, 0) is 19.4 Å². The van der Waals surface area contributed by atoms with Gasteiger partial charge in [-0.1, -0.05) is 24.6 Å². The van der Waals surface area contributed by atoms with Crippen molar-refractivity contribution in [1.29, 1.82) is 0 Å². The molecule has 0 saturated heterocycles. The summed E-state index contributed by atoms with van der Waals surface area (Å²) in [5, 5.41) is 15.6. The van der Waals surface area contributed by atoms with Crippen molar-refractivity contribution in [3.05, 3.63) is 46.2 Å². The Morgan fingerprint density at radius 2 is 2.10 bits per heavy atom. The van der Waals surface area contributed by atoms with Gasteiger partial charge in [-0.3, -0.25) is 4.68 Å². The molecule has 1 aromatic carbocycles. The van der Waals surface area contributed by atoms with Crippen LogP contribution < -0.4 is 4.74 Å². The Kier molecular flexibility index (Phi) is 5.26. The maximum atomic E-state index is 10.5. The van der Waals surface area contributed by atoms with E-state index in [0.717, 1.165) is 29.9 Å². The van der Waals surface area contributed by atoms with Crippen LogP contribution in [0.4, 0.5) is 0 Å². The number of halogens is 1. The number of aliphatic hydroxyl groups excluding tert-OH is 1. The van der Waals surface area contributed by atoms with E-state index in [1.54, 1.807) is 25.3 Å². The third kappa shape index (κ3) is 3.57. The first-order valence-corrected chi connectivity index (χ1v) is 7.53. The fraction of sp³-hybridized carbons (Fsp3) is 0.438. The lowest BCUT2D eigenvalue weighted by atomic mass is 10.0. The van der Waals surface area contributed by atoms with Crippen molar-refractivity contribution in [2.45, 2.75) is 39.3 Å². The predicted octanol–water partition coefficient (Wildman–Crippen LogP) is 3.40. The van der Waals surface area contributed by atoms with E-state index in [4.69, 9.17) is 16.3 Å². The molecule has 4 nitrogen and oxygen atoms in total. The van der Waals surface area contributed by atoms with E-state index < -0.39 is 6.10 Å². The number of nitrogens with zero attached hydrogens (tertiary/aromatic N) is 2. The number of benzene rings is 1. The number of methoxy groups -OCH3 is 1. The molecule has 0 fully saturated rings. The molecule has 1 atom stereocenters. The Bertz CT molecular complexity index is 610. The molecule has 1 N–H and O–H groups in total. The zero-order chi connectivity index (χ0) is 15.4. The first kappa shape index (κ1) is 15.9. The maximum Gasteiger partial charge on any atom is 0.126 e. The number of hydrogen-bond donors (Lipinski definition) is 1. The lowest BCUT2D eigenvalue weighted by Gasteiger charge is -2.15. The van der Waals surface area contributed by atoms with Gasteiger partial charge in [-0.25, -0.2) is 0 Å². The fourth-order valence-corrected chi connectivity index (χ4v) is 2.56. The fourth-order valence-electron chi connectivity index (χ4n) is 2.39. The van der Waals surface area contributed by atoms with Crippen molar-refractivity contribution < 1.29 is 9.84 Å². The molecule has 0 aliphatic carbocycles. The minimum Gasteiger partial charge on any atom is -0.496 e. The number of ether oxygens (including phenoxy) is 1. The van der Waals surface area contributed by atoms with Crippen LogP contribution in [0.5, 0.6) is 5.75 Å². The molecule has 0 spiro atoms. The van der Waals surface area contributed by atoms with E-state index in [1.165, 1.54) is 0 Å². The molecule has 2 rings (SSSR count). The summed E-state index contributed by atoms with van der Waals surface area (Å²) in [7, 11) is 1.58. The summed E-state index contributed by atoms with van der Waals surface area (Å²) < 4.78 is 7.24. The van der Waals surface area contributed by atoms with Crippen molar-refractivity contribution in [2.75, 3.05) is 7.11 Å². The summed E-state index contributed by atoms with van der Waals surface area (Å²) >= 11 is 5.95. The van der Waals surface area contributed by atoms with Gasteiger partial charge in [-0.05, 0) is 31.5 Å². The SMILES string of the molecule is CCc1cc(CC(O)c2ccc(Cl)cc2OC)n(CC)n1. The minimum atomic E-state index is -0.649. The van der Waals surface area contributed by atoms with Gasteiger partial charge < -0.3 is 9.84 Å². The van der Waals surface area contributed by atoms with Crippen LogP contribution in [0.15, 0.2) is 24.3 Å². The maximum absolute atomic E-state index is 10.5. The summed E-state index contributed by atoms with van der Waals surface area (Å²) in [6, 6.07) is 7.33. The van der Waals surface area contributed by atoms with Crippen LogP contribution >= 0.6 is 11.6 Å². The van der Waals surface area contributed by atoms with E-state index >= 15 is 0 Å². The number of aryl methyl sites for hydroxylation is 2. The summed E-state index contributed by atoms with van der Waals surface area (Å²) in [6.45, 7) is 4.91. The number of aliphatic hydroxyl groups is 1. The van der Waals surface area contributed by atoms with Crippen LogP contribution in [0, 0.1) is 0 Å². The van der Waals surface area contributed by atoms with E-state index in [-0.39, 0.29) is 0 Å². The van der Waals surface area contributed by atoms with E-state index in [9.17, 15) is 5.11 Å². The Balaban J connectivity index is 2.25. The molecule has 1 heterocycles. The zero-order valence-corrected chi connectivity index (χ0v) is 13.4. The molecule has 1 aromatic heterocycles. The molecule has 2 aromatic rings. The van der Waals surface area contributed by atoms with Crippen molar-refractivity contribution in [3.63, 3.8) is 0 Å². The van der Waals surface area contributed by atoms with Gasteiger partial charge in [0, 0.05) is 29.2 Å². The van der Waals surface area contributed by atoms with E-state index in [1.807, 2.05) is 11.6 Å². The van der Waals surface area contributed by atoms with Crippen LogP contribution in [0.25, 0.3) is 0 Å². The molecule has 0 saturated carbocycles. The van der Waals surface area contributed by atoms with Gasteiger partial charge >= 0.3 is 0 Å². The second-order valence-corrected chi connectivity index (χ2v) is 5.34. The van der Waals surface area contributed by atoms with Gasteiger partial charge in [0.2, 0.25) is 0 Å². The largest absolute Gasteiger partial charge is 0.496 e. The van der Waals surface area contributed by atoms with Crippen LogP contribution in [-0.4, -0.2) is 22.0 Å². The topological polar surface area (TPSA) is 47.3 Å². The van der Waals surface area contributed by atoms with E-state index in [2.05, 4.69) is 18.1 Å². The lowest BCUT2D eigenvalue weighted by molar-refractivity contribution is 0.171. The normalized spacial score (nSPS) is 12.4. The standard InChI is InChI=1S/C16H21ClN2O2/c1-4-12-9-13(19(5-2)18-12)10-15(20)14-7-6-11(17)8-16(14)21-3/h6-9,15,20H,4-5,10H2,1-3H3. The van der Waals surface area contributed by atoms with Crippen molar-refractivity contribution in [2.24, 2.45) is 0 Å². The highest BCUT2D eigenvalue weighted by Gasteiger charge is 2.17. The van der Waals surface area contributed by atoms with Gasteiger partial charge in [0.25, 0.3) is 0 Å². The first-order chi connectivity index (χ1) is 10.1. The second-order valence-electron chi connectivity index (χ2n) is 4.90. The Labute approximate surface area is 130 Å². The molecular weight excluding hydrogens is 288 g/mol. The number of rotatable bonds is 6. The highest BCUT2D eigenvalue weighted by Crippen LogP contribution is 2.30.